The van der Waals surface area contributed by atoms with E-state index in [2.05, 4.69) is 26.2 Å². The Kier molecular flexibility index (Phi) is 8.45. The minimum Gasteiger partial charge on any atom is -0.490 e. The Morgan fingerprint density at radius 3 is 2.64 bits per heavy atom. The Morgan fingerprint density at radius 2 is 1.92 bits per heavy atom. The van der Waals surface area contributed by atoms with Crippen LogP contribution in [0.25, 0.3) is 6.08 Å². The summed E-state index contributed by atoms with van der Waals surface area (Å²) in [4.78, 5) is 29.2. The van der Waals surface area contributed by atoms with Gasteiger partial charge in [0, 0.05) is 16.1 Å². The van der Waals surface area contributed by atoms with E-state index in [0.717, 1.165) is 11.8 Å². The van der Waals surface area contributed by atoms with Gasteiger partial charge in [0.25, 0.3) is 11.8 Å². The number of carbonyl (C=O) groups excluding carboxylic acids is 2. The van der Waals surface area contributed by atoms with Gasteiger partial charge < -0.3 is 14.8 Å². The van der Waals surface area contributed by atoms with Crippen LogP contribution in [-0.2, 0) is 11.4 Å². The number of nitrogens with zero attached hydrogens (tertiary/aromatic N) is 1. The van der Waals surface area contributed by atoms with Crippen LogP contribution in [0.1, 0.15) is 28.4 Å². The number of aliphatic imine (C=N–C) groups is 1. The molecule has 0 aliphatic carbocycles. The zero-order chi connectivity index (χ0) is 25.7. The predicted molar refractivity (Wildman–Crippen MR) is 143 cm³/mol. The number of ether oxygens (including phenoxy) is 2. The normalized spacial score (nSPS) is 15.3. The molecular formula is C26H19BrClFN2O4S. The van der Waals surface area contributed by atoms with Gasteiger partial charge in [-0.15, -0.1) is 0 Å². The molecule has 0 radical (unpaired) electrons. The first-order valence-corrected chi connectivity index (χ1v) is 12.7. The Balaban J connectivity index is 1.54. The van der Waals surface area contributed by atoms with E-state index < -0.39 is 5.91 Å². The molecule has 3 aromatic rings. The summed E-state index contributed by atoms with van der Waals surface area (Å²) in [7, 11) is 0. The predicted octanol–water partition coefficient (Wildman–Crippen LogP) is 6.62. The van der Waals surface area contributed by atoms with Crippen molar-refractivity contribution in [3.05, 3.63) is 97.6 Å². The molecule has 1 N–H and O–H groups in total. The van der Waals surface area contributed by atoms with E-state index in [1.165, 1.54) is 6.07 Å². The van der Waals surface area contributed by atoms with Crippen LogP contribution in [-0.4, -0.2) is 23.6 Å². The highest BCUT2D eigenvalue weighted by atomic mass is 79.9. The monoisotopic (exact) mass is 588 g/mol. The fourth-order valence-corrected chi connectivity index (χ4v) is 4.74. The summed E-state index contributed by atoms with van der Waals surface area (Å²) in [5, 5.41) is 3.29. The van der Waals surface area contributed by atoms with Crippen molar-refractivity contribution in [2.45, 2.75) is 13.5 Å². The number of hydrogen-bond donors (Lipinski definition) is 1. The number of halogens is 3. The molecular weight excluding hydrogens is 571 g/mol. The van der Waals surface area contributed by atoms with Gasteiger partial charge in [-0.05, 0) is 88.7 Å². The third-order valence-corrected chi connectivity index (χ3v) is 6.66. The largest absolute Gasteiger partial charge is 0.490 e. The number of benzene rings is 3. The summed E-state index contributed by atoms with van der Waals surface area (Å²) in [5.74, 6) is -0.374. The molecule has 184 valence electrons. The average Bonchev–Trinajstić information content (AvgIpc) is 3.18. The first-order valence-electron chi connectivity index (χ1n) is 10.8. The van der Waals surface area contributed by atoms with Crippen LogP contribution in [0.2, 0.25) is 5.02 Å². The van der Waals surface area contributed by atoms with Gasteiger partial charge in [-0.3, -0.25) is 9.59 Å². The molecule has 10 heteroatoms. The second-order valence-corrected chi connectivity index (χ2v) is 9.76. The standard InChI is InChI=1S/C26H19BrClFN2O4S/c1-2-34-21-12-15(11-19(27)23(21)35-14-17-5-3-4-6-20(17)29)13-22-25(33)31-26(36-22)30-24(32)16-7-9-18(28)10-8-16/h3-13H,2,14H2,1H3,(H,30,31,32,33)/b22-13-. The van der Waals surface area contributed by atoms with Crippen molar-refractivity contribution in [2.24, 2.45) is 4.99 Å². The third kappa shape index (κ3) is 6.34. The first-order chi connectivity index (χ1) is 17.3. The molecule has 1 saturated heterocycles. The molecule has 36 heavy (non-hydrogen) atoms. The van der Waals surface area contributed by atoms with Gasteiger partial charge in [0.15, 0.2) is 16.7 Å². The number of thioether (sulfide) groups is 1. The van der Waals surface area contributed by atoms with Crippen molar-refractivity contribution in [1.82, 2.24) is 5.32 Å². The van der Waals surface area contributed by atoms with E-state index in [9.17, 15) is 14.0 Å². The van der Waals surface area contributed by atoms with E-state index in [-0.39, 0.29) is 23.5 Å². The minimum absolute atomic E-state index is 0.0194. The number of nitrogens with one attached hydrogen (secondary N) is 1. The van der Waals surface area contributed by atoms with Crippen LogP contribution >= 0.6 is 39.3 Å². The number of carbonyl (C=O) groups is 2. The van der Waals surface area contributed by atoms with Crippen LogP contribution in [0, 0.1) is 5.82 Å². The van der Waals surface area contributed by atoms with E-state index >= 15 is 0 Å². The molecule has 1 heterocycles. The van der Waals surface area contributed by atoms with Gasteiger partial charge in [0.2, 0.25) is 0 Å². The lowest BCUT2D eigenvalue weighted by atomic mass is 10.1. The lowest BCUT2D eigenvalue weighted by molar-refractivity contribution is -0.115. The molecule has 1 aliphatic rings. The Bertz CT molecular complexity index is 1380. The first kappa shape index (κ1) is 25.9. The smallest absolute Gasteiger partial charge is 0.279 e. The second kappa shape index (κ2) is 11.7. The maximum Gasteiger partial charge on any atom is 0.279 e. The van der Waals surface area contributed by atoms with Crippen LogP contribution in [0.4, 0.5) is 4.39 Å². The third-order valence-electron chi connectivity index (χ3n) is 4.90. The average molecular weight is 590 g/mol. The van der Waals surface area contributed by atoms with E-state index in [4.69, 9.17) is 21.1 Å². The van der Waals surface area contributed by atoms with Gasteiger partial charge >= 0.3 is 0 Å². The van der Waals surface area contributed by atoms with Crippen LogP contribution in [0.5, 0.6) is 11.5 Å². The van der Waals surface area contributed by atoms with Crippen LogP contribution < -0.4 is 14.8 Å². The highest BCUT2D eigenvalue weighted by molar-refractivity contribution is 9.10. The fourth-order valence-electron chi connectivity index (χ4n) is 3.22. The van der Waals surface area contributed by atoms with Crippen molar-refractivity contribution >= 4 is 62.4 Å². The van der Waals surface area contributed by atoms with Crippen molar-refractivity contribution < 1.29 is 23.5 Å². The van der Waals surface area contributed by atoms with Crippen molar-refractivity contribution in [1.29, 1.82) is 0 Å². The zero-order valence-corrected chi connectivity index (χ0v) is 22.0. The summed E-state index contributed by atoms with van der Waals surface area (Å²) in [6.07, 6.45) is 1.66. The Hall–Kier alpha value is -3.14. The Labute approximate surface area is 224 Å². The molecule has 0 spiro atoms. The molecule has 0 atom stereocenters. The van der Waals surface area contributed by atoms with Gasteiger partial charge in [-0.25, -0.2) is 4.39 Å². The highest BCUT2D eigenvalue weighted by Gasteiger charge is 2.25. The fraction of sp³-hybridized carbons (Fsp3) is 0.115. The maximum absolute atomic E-state index is 14.0. The molecule has 1 aliphatic heterocycles. The number of rotatable bonds is 7. The molecule has 0 saturated carbocycles. The minimum atomic E-state index is -0.492. The summed E-state index contributed by atoms with van der Waals surface area (Å²) < 4.78 is 26.2. The lowest BCUT2D eigenvalue weighted by Gasteiger charge is -2.15. The maximum atomic E-state index is 14.0. The molecule has 0 unspecified atom stereocenters. The summed E-state index contributed by atoms with van der Waals surface area (Å²) in [6.45, 7) is 2.23. The molecule has 0 bridgehead atoms. The molecule has 3 aromatic carbocycles. The quantitative estimate of drug-likeness (QED) is 0.314. The van der Waals surface area contributed by atoms with Gasteiger partial charge in [0.05, 0.1) is 16.0 Å². The van der Waals surface area contributed by atoms with Gasteiger partial charge in [-0.1, -0.05) is 29.8 Å². The second-order valence-electron chi connectivity index (χ2n) is 7.44. The molecule has 0 aromatic heterocycles. The summed E-state index contributed by atoms with van der Waals surface area (Å²) in [6, 6.07) is 16.2. The van der Waals surface area contributed by atoms with E-state index in [1.54, 1.807) is 60.7 Å². The topological polar surface area (TPSA) is 77.0 Å². The van der Waals surface area contributed by atoms with Crippen LogP contribution in [0.3, 0.4) is 0 Å². The van der Waals surface area contributed by atoms with Gasteiger partial charge in [-0.2, -0.15) is 4.99 Å². The molecule has 4 rings (SSSR count). The number of amidine groups is 1. The van der Waals surface area contributed by atoms with Crippen molar-refractivity contribution in [3.8, 4) is 11.5 Å². The lowest BCUT2D eigenvalue weighted by Crippen LogP contribution is -2.20. The van der Waals surface area contributed by atoms with Crippen LogP contribution in [0.15, 0.2) is 75.0 Å². The molecule has 6 nitrogen and oxygen atoms in total. The molecule has 1 fully saturated rings. The summed E-state index contributed by atoms with van der Waals surface area (Å²) in [5.41, 5.74) is 1.43. The summed E-state index contributed by atoms with van der Waals surface area (Å²) >= 11 is 10.4. The zero-order valence-electron chi connectivity index (χ0n) is 18.9. The van der Waals surface area contributed by atoms with E-state index in [0.29, 0.717) is 49.2 Å². The highest BCUT2D eigenvalue weighted by Crippen LogP contribution is 2.39. The number of amides is 2. The van der Waals surface area contributed by atoms with Crippen molar-refractivity contribution in [2.75, 3.05) is 6.61 Å². The number of hydrogen-bond acceptors (Lipinski definition) is 5. The van der Waals surface area contributed by atoms with Crippen molar-refractivity contribution in [3.63, 3.8) is 0 Å². The van der Waals surface area contributed by atoms with Gasteiger partial charge in [0.1, 0.15) is 12.4 Å². The Morgan fingerprint density at radius 1 is 1.17 bits per heavy atom. The molecule has 2 amide bonds. The SMILES string of the molecule is CCOc1cc(/C=C2\SC(=NC(=O)c3ccc(Cl)cc3)NC2=O)cc(Br)c1OCc1ccccc1F. The van der Waals surface area contributed by atoms with E-state index in [1.807, 2.05) is 6.92 Å².